The van der Waals surface area contributed by atoms with Gasteiger partial charge < -0.3 is 9.47 Å². The van der Waals surface area contributed by atoms with Gasteiger partial charge in [0, 0.05) is 11.6 Å². The number of nitro benzene ring substituents is 1. The van der Waals surface area contributed by atoms with Crippen LogP contribution in [-0.4, -0.2) is 17.5 Å². The summed E-state index contributed by atoms with van der Waals surface area (Å²) >= 11 is 0. The van der Waals surface area contributed by atoms with Gasteiger partial charge in [-0.25, -0.2) is 9.18 Å². The average molecular weight is 305 g/mol. The van der Waals surface area contributed by atoms with Crippen LogP contribution >= 0.6 is 0 Å². The topological polar surface area (TPSA) is 78.7 Å². The van der Waals surface area contributed by atoms with E-state index in [1.54, 1.807) is 6.92 Å². The molecule has 0 aliphatic rings. The van der Waals surface area contributed by atoms with Crippen LogP contribution in [0.4, 0.5) is 10.1 Å². The van der Waals surface area contributed by atoms with Gasteiger partial charge in [-0.2, -0.15) is 0 Å². The van der Waals surface area contributed by atoms with Gasteiger partial charge in [0.25, 0.3) is 5.69 Å². The van der Waals surface area contributed by atoms with Crippen molar-refractivity contribution in [1.82, 2.24) is 0 Å². The highest BCUT2D eigenvalue weighted by atomic mass is 19.1. The SMILES string of the molecule is Cc1cc(OCC(=O)Oc2ccc(F)cc2)ccc1[N+](=O)[O-]. The van der Waals surface area contributed by atoms with Crippen LogP contribution in [0.25, 0.3) is 0 Å². The van der Waals surface area contributed by atoms with E-state index < -0.39 is 16.7 Å². The van der Waals surface area contributed by atoms with Crippen molar-refractivity contribution in [3.05, 3.63) is 64.0 Å². The molecule has 114 valence electrons. The molecule has 0 radical (unpaired) electrons. The smallest absolute Gasteiger partial charge is 0.349 e. The Kier molecular flexibility index (Phi) is 4.67. The van der Waals surface area contributed by atoms with E-state index >= 15 is 0 Å². The summed E-state index contributed by atoms with van der Waals surface area (Å²) in [6.45, 7) is 1.20. The molecular formula is C15H12FNO5. The zero-order chi connectivity index (χ0) is 16.1. The monoisotopic (exact) mass is 305 g/mol. The Bertz CT molecular complexity index is 700. The second-order valence-corrected chi connectivity index (χ2v) is 4.42. The number of rotatable bonds is 5. The molecule has 6 nitrogen and oxygen atoms in total. The normalized spacial score (nSPS) is 10.1. The molecule has 0 saturated carbocycles. The summed E-state index contributed by atoms with van der Waals surface area (Å²) in [4.78, 5) is 21.8. The van der Waals surface area contributed by atoms with Crippen LogP contribution in [-0.2, 0) is 4.79 Å². The fourth-order valence-electron chi connectivity index (χ4n) is 1.73. The number of nitro groups is 1. The molecular weight excluding hydrogens is 293 g/mol. The lowest BCUT2D eigenvalue weighted by Crippen LogP contribution is -2.17. The zero-order valence-corrected chi connectivity index (χ0v) is 11.6. The summed E-state index contributed by atoms with van der Waals surface area (Å²) < 4.78 is 22.9. The quantitative estimate of drug-likeness (QED) is 0.367. The number of benzene rings is 2. The number of hydrogen-bond donors (Lipinski definition) is 0. The third-order valence-corrected chi connectivity index (χ3v) is 2.77. The Labute approximate surface area is 125 Å². The van der Waals surface area contributed by atoms with Gasteiger partial charge in [0.2, 0.25) is 0 Å². The van der Waals surface area contributed by atoms with Crippen molar-refractivity contribution in [1.29, 1.82) is 0 Å². The minimum atomic E-state index is -0.664. The fraction of sp³-hybridized carbons (Fsp3) is 0.133. The van der Waals surface area contributed by atoms with E-state index in [2.05, 4.69) is 0 Å². The van der Waals surface area contributed by atoms with Gasteiger partial charge in [0.15, 0.2) is 6.61 Å². The van der Waals surface area contributed by atoms with Gasteiger partial charge in [0.1, 0.15) is 17.3 Å². The van der Waals surface area contributed by atoms with Crippen molar-refractivity contribution >= 4 is 11.7 Å². The molecule has 0 heterocycles. The number of hydrogen-bond acceptors (Lipinski definition) is 5. The van der Waals surface area contributed by atoms with E-state index in [-0.39, 0.29) is 18.0 Å². The highest BCUT2D eigenvalue weighted by Crippen LogP contribution is 2.23. The number of esters is 1. The Morgan fingerprint density at radius 3 is 2.41 bits per heavy atom. The second-order valence-electron chi connectivity index (χ2n) is 4.42. The van der Waals surface area contributed by atoms with Gasteiger partial charge in [-0.15, -0.1) is 0 Å². The molecule has 0 N–H and O–H groups in total. The first kappa shape index (κ1) is 15.4. The number of nitrogens with zero attached hydrogens (tertiary/aromatic N) is 1. The first-order chi connectivity index (χ1) is 10.5. The number of carbonyl (C=O) groups excluding carboxylic acids is 1. The second kappa shape index (κ2) is 6.66. The van der Waals surface area contributed by atoms with Crippen molar-refractivity contribution in [2.24, 2.45) is 0 Å². The number of ether oxygens (including phenoxy) is 2. The standard InChI is InChI=1S/C15H12FNO5/c1-10-8-13(6-7-14(10)17(19)20)21-9-15(18)22-12-4-2-11(16)3-5-12/h2-8H,9H2,1H3. The Hall–Kier alpha value is -2.96. The molecule has 2 rings (SSSR count). The van der Waals surface area contributed by atoms with Crippen molar-refractivity contribution < 1.29 is 23.6 Å². The van der Waals surface area contributed by atoms with E-state index in [1.807, 2.05) is 0 Å². The van der Waals surface area contributed by atoms with E-state index in [4.69, 9.17) is 9.47 Å². The van der Waals surface area contributed by atoms with Gasteiger partial charge in [-0.05, 0) is 43.3 Å². The Morgan fingerprint density at radius 1 is 1.18 bits per heavy atom. The number of halogens is 1. The maximum atomic E-state index is 12.7. The average Bonchev–Trinajstić information content (AvgIpc) is 2.47. The van der Waals surface area contributed by atoms with Crippen LogP contribution in [0.3, 0.4) is 0 Å². The summed E-state index contributed by atoms with van der Waals surface area (Å²) in [7, 11) is 0. The lowest BCUT2D eigenvalue weighted by atomic mass is 10.2. The largest absolute Gasteiger partial charge is 0.482 e. The van der Waals surface area contributed by atoms with E-state index in [0.29, 0.717) is 11.3 Å². The third kappa shape index (κ3) is 4.02. The van der Waals surface area contributed by atoms with E-state index in [0.717, 1.165) is 0 Å². The Morgan fingerprint density at radius 2 is 1.82 bits per heavy atom. The minimum Gasteiger partial charge on any atom is -0.482 e. The van der Waals surface area contributed by atoms with Crippen molar-refractivity contribution in [3.63, 3.8) is 0 Å². The minimum absolute atomic E-state index is 0.0266. The number of carbonyl (C=O) groups is 1. The molecule has 0 saturated heterocycles. The molecule has 0 aliphatic heterocycles. The van der Waals surface area contributed by atoms with Gasteiger partial charge >= 0.3 is 5.97 Å². The summed E-state index contributed by atoms with van der Waals surface area (Å²) in [6, 6.07) is 9.15. The van der Waals surface area contributed by atoms with E-state index in [9.17, 15) is 19.3 Å². The maximum absolute atomic E-state index is 12.7. The van der Waals surface area contributed by atoms with Crippen molar-refractivity contribution in [2.45, 2.75) is 6.92 Å². The molecule has 2 aromatic carbocycles. The molecule has 0 aromatic heterocycles. The van der Waals surface area contributed by atoms with Crippen LogP contribution < -0.4 is 9.47 Å². The molecule has 0 amide bonds. The Balaban J connectivity index is 1.92. The van der Waals surface area contributed by atoms with Crippen LogP contribution in [0.15, 0.2) is 42.5 Å². The maximum Gasteiger partial charge on any atom is 0.349 e. The first-order valence-electron chi connectivity index (χ1n) is 6.30. The molecule has 0 bridgehead atoms. The molecule has 0 unspecified atom stereocenters. The molecule has 0 aliphatic carbocycles. The first-order valence-corrected chi connectivity index (χ1v) is 6.30. The molecule has 2 aromatic rings. The van der Waals surface area contributed by atoms with Crippen LogP contribution in [0.2, 0.25) is 0 Å². The highest BCUT2D eigenvalue weighted by molar-refractivity contribution is 5.73. The highest BCUT2D eigenvalue weighted by Gasteiger charge is 2.12. The van der Waals surface area contributed by atoms with Crippen molar-refractivity contribution in [2.75, 3.05) is 6.61 Å². The summed E-state index contributed by atoms with van der Waals surface area (Å²) in [6.07, 6.45) is 0. The lowest BCUT2D eigenvalue weighted by Gasteiger charge is -2.07. The van der Waals surface area contributed by atoms with Gasteiger partial charge in [0.05, 0.1) is 4.92 Å². The molecule has 0 fully saturated rings. The van der Waals surface area contributed by atoms with Gasteiger partial charge in [-0.3, -0.25) is 10.1 Å². The van der Waals surface area contributed by atoms with Gasteiger partial charge in [-0.1, -0.05) is 0 Å². The summed E-state index contributed by atoms with van der Waals surface area (Å²) in [5.41, 5.74) is 0.399. The summed E-state index contributed by atoms with van der Waals surface area (Å²) in [5.74, 6) is -0.575. The van der Waals surface area contributed by atoms with Crippen molar-refractivity contribution in [3.8, 4) is 11.5 Å². The predicted octanol–water partition coefficient (Wildman–Crippen LogP) is 3.03. The molecule has 0 atom stereocenters. The van der Waals surface area contributed by atoms with Crippen LogP contribution in [0.1, 0.15) is 5.56 Å². The van der Waals surface area contributed by atoms with Crippen LogP contribution in [0, 0.1) is 22.9 Å². The third-order valence-electron chi connectivity index (χ3n) is 2.77. The summed E-state index contributed by atoms with van der Waals surface area (Å²) in [5, 5.41) is 10.7. The lowest BCUT2D eigenvalue weighted by molar-refractivity contribution is -0.385. The zero-order valence-electron chi connectivity index (χ0n) is 11.6. The molecule has 7 heteroatoms. The predicted molar refractivity (Wildman–Crippen MR) is 75.4 cm³/mol. The molecule has 0 spiro atoms. The number of aryl methyl sites for hydroxylation is 1. The van der Waals surface area contributed by atoms with E-state index in [1.165, 1.54) is 42.5 Å². The van der Waals surface area contributed by atoms with Crippen LogP contribution in [0.5, 0.6) is 11.5 Å². The fourth-order valence-corrected chi connectivity index (χ4v) is 1.73. The molecule has 22 heavy (non-hydrogen) atoms.